The zero-order chi connectivity index (χ0) is 44.7. The summed E-state index contributed by atoms with van der Waals surface area (Å²) in [4.78, 5) is 0.623. The molecule has 0 fully saturated rings. The van der Waals surface area contributed by atoms with Gasteiger partial charge in [0, 0.05) is 62.9 Å². The highest BCUT2D eigenvalue weighted by atomic mass is 32.4. The number of nitrogens with one attached hydrogen (secondary N) is 3. The molecule has 3 aromatic carbocycles. The number of hydrogen-bond donors (Lipinski definition) is 9. The van der Waals surface area contributed by atoms with E-state index in [4.69, 9.17) is 13.6 Å². The molecule has 0 aromatic heterocycles. The third kappa shape index (κ3) is 5.44. The molecule has 0 amide bonds. The number of benzene rings is 3. The summed E-state index contributed by atoms with van der Waals surface area (Å²) in [5.74, 6) is 0. The van der Waals surface area contributed by atoms with Gasteiger partial charge in [0.25, 0.3) is 0 Å². The largest absolute Gasteiger partial charge is 0.480 e. The van der Waals surface area contributed by atoms with E-state index >= 15 is 4.57 Å². The Morgan fingerprint density at radius 1 is 0.441 bits per heavy atom. The first-order chi connectivity index (χ1) is 26.5. The van der Waals surface area contributed by atoms with Crippen molar-refractivity contribution in [3.05, 3.63) is 88.0 Å². The number of phosphoric ester groups is 1. The quantitative estimate of drug-likeness (QED) is 0.0778. The normalized spacial score (nSPS) is 31.4. The first-order valence-corrected chi connectivity index (χ1v) is 29.5. The van der Waals surface area contributed by atoms with Crippen molar-refractivity contribution in [3.8, 4) is 0 Å². The number of fused-ring (bicyclic) bond motifs is 3. The van der Waals surface area contributed by atoms with Gasteiger partial charge in [-0.25, -0.2) is 45.9 Å². The Kier molecular flexibility index (Phi) is 9.85. The summed E-state index contributed by atoms with van der Waals surface area (Å²) < 4.78 is 124. The molecule has 3 atom stereocenters. The van der Waals surface area contributed by atoms with Gasteiger partial charge in [0.05, 0.1) is 0 Å². The lowest BCUT2D eigenvalue weighted by Gasteiger charge is -2.82. The summed E-state index contributed by atoms with van der Waals surface area (Å²) in [6.45, 7) is 26.1. The molecule has 0 unspecified atom stereocenters. The van der Waals surface area contributed by atoms with Gasteiger partial charge in [-0.15, -0.1) is 0 Å². The van der Waals surface area contributed by atoms with Gasteiger partial charge in [0.1, 0.15) is 0 Å². The summed E-state index contributed by atoms with van der Waals surface area (Å²) >= 11 is 0. The molecule has 3 aromatic rings. The topological polar surface area (TPSA) is 202 Å². The average Bonchev–Trinajstić information content (AvgIpc) is 3.56. The Hall–Kier alpha value is -1.54. The van der Waals surface area contributed by atoms with E-state index in [0.717, 1.165) is 16.7 Å². The van der Waals surface area contributed by atoms with E-state index in [-0.39, 0.29) is 14.7 Å². The van der Waals surface area contributed by atoms with Gasteiger partial charge in [0.2, 0.25) is 0 Å². The van der Waals surface area contributed by atoms with E-state index in [0.29, 0.717) is 16.7 Å². The maximum absolute atomic E-state index is 16.2. The zero-order valence-electron chi connectivity index (χ0n) is 37.4. The van der Waals surface area contributed by atoms with Crippen molar-refractivity contribution in [2.75, 3.05) is 0 Å². The van der Waals surface area contributed by atoms with E-state index in [1.165, 1.54) is 0 Å². The zero-order valence-corrected chi connectivity index (χ0v) is 40.7. The van der Waals surface area contributed by atoms with Crippen molar-refractivity contribution in [1.82, 2.24) is 14.2 Å². The molecular formula is C42H72N3O10PS3. The standard InChI is InChI=1S/C42H72N3O10PS3/c1-25(2)57(47,48,26(3)4)37-19-16-31(13)22-34(37)40(43-57)53-56(46,54-41-35-23-32(14)17-20-38(35)58(49,50,44-41,27(5)6)28(7)8)55-42-36-24-33(15)18-21-39(36)59(51,52,45-42,29(9)10)30(11)12/h16-30,40-45,47-52H,1-15H3/t40-,41-,42-/m0/s1. The summed E-state index contributed by atoms with van der Waals surface area (Å²) in [5.41, 5.74) is 3.23. The molecule has 0 saturated heterocycles. The van der Waals surface area contributed by atoms with Crippen LogP contribution in [0.5, 0.6) is 0 Å². The molecule has 59 heavy (non-hydrogen) atoms. The monoisotopic (exact) mass is 905 g/mol. The van der Waals surface area contributed by atoms with Crippen molar-refractivity contribution in [3.63, 3.8) is 0 Å². The molecule has 0 spiro atoms. The Morgan fingerprint density at radius 2 is 0.644 bits per heavy atom. The molecule has 0 radical (unpaired) electrons. The van der Waals surface area contributed by atoms with Crippen LogP contribution in [0.25, 0.3) is 0 Å². The molecule has 3 aliphatic rings. The van der Waals surface area contributed by atoms with E-state index in [2.05, 4.69) is 14.2 Å². The van der Waals surface area contributed by atoms with E-state index < -0.39 is 85.1 Å². The molecule has 0 bridgehead atoms. The Morgan fingerprint density at radius 3 is 0.831 bits per heavy atom. The molecule has 338 valence electrons. The first-order valence-electron chi connectivity index (χ1n) is 20.5. The second-order valence-electron chi connectivity index (χ2n) is 19.4. The molecule has 0 saturated carbocycles. The van der Waals surface area contributed by atoms with Gasteiger partial charge in [-0.05, 0) is 122 Å². The highest BCUT2D eigenvalue weighted by Gasteiger charge is 2.68. The van der Waals surface area contributed by atoms with Gasteiger partial charge in [-0.3, -0.25) is 13.6 Å². The number of phosphoric acid groups is 1. The maximum Gasteiger partial charge on any atom is 0.480 e. The SMILES string of the molecule is Cc1ccc2c(c1)[C@H](OP(=O)(O[C@@H]1NS(O)(O)(C(C)C)(C(C)C)c3ccc(C)cc31)O[C@@H]1NS(O)(O)(C(C)C)(C(C)C)c3ccc(C)cc31)NS2(O)(O)(C(C)C)C(C)C. The predicted molar refractivity (Wildman–Crippen MR) is 246 cm³/mol. The minimum absolute atomic E-state index is 0.208. The third-order valence-electron chi connectivity index (χ3n) is 14.9. The molecule has 0 aliphatic carbocycles. The fourth-order valence-corrected chi connectivity index (χ4v) is 25.6. The maximum atomic E-state index is 16.2. The first kappa shape index (κ1) is 47.0. The lowest BCUT2D eigenvalue weighted by atomic mass is 10.1. The van der Waals surface area contributed by atoms with Gasteiger partial charge in [-0.1, -0.05) is 53.1 Å². The minimum atomic E-state index is -5.54. The van der Waals surface area contributed by atoms with E-state index in [1.807, 2.05) is 20.8 Å². The van der Waals surface area contributed by atoms with E-state index in [9.17, 15) is 27.3 Å². The lowest BCUT2D eigenvalue weighted by Crippen LogP contribution is -2.57. The second kappa shape index (κ2) is 12.4. The van der Waals surface area contributed by atoms with Crippen molar-refractivity contribution >= 4 is 34.9 Å². The summed E-state index contributed by atoms with van der Waals surface area (Å²) in [6.07, 6.45) is -4.51. The minimum Gasteiger partial charge on any atom is -0.311 e. The number of aryl methyl sites for hydroxylation is 3. The molecular weight excluding hydrogens is 834 g/mol. The molecule has 3 aliphatic heterocycles. The van der Waals surface area contributed by atoms with Crippen molar-refractivity contribution in [1.29, 1.82) is 0 Å². The summed E-state index contributed by atoms with van der Waals surface area (Å²) in [7, 11) is -21.8. The highest BCUT2D eigenvalue weighted by Crippen LogP contribution is 2.97. The van der Waals surface area contributed by atoms with E-state index in [1.54, 1.807) is 138 Å². The molecule has 3 heterocycles. The summed E-state index contributed by atoms with van der Waals surface area (Å²) in [6, 6.07) is 15.5. The lowest BCUT2D eigenvalue weighted by molar-refractivity contribution is 0.0207. The number of rotatable bonds is 12. The van der Waals surface area contributed by atoms with Crippen LogP contribution in [-0.4, -0.2) is 58.8 Å². The molecule has 17 heteroatoms. The second-order valence-corrected chi connectivity index (χ2v) is 38.1. The Labute approximate surface area is 349 Å². The van der Waals surface area contributed by atoms with Crippen molar-refractivity contribution in [2.45, 2.75) is 169 Å². The van der Waals surface area contributed by atoms with Crippen molar-refractivity contribution in [2.24, 2.45) is 0 Å². The highest BCUT2D eigenvalue weighted by molar-refractivity contribution is 8.56. The van der Waals surface area contributed by atoms with Crippen LogP contribution >= 0.6 is 34.9 Å². The van der Waals surface area contributed by atoms with Gasteiger partial charge >= 0.3 is 7.82 Å². The fraction of sp³-hybridized carbons (Fsp3) is 0.571. The van der Waals surface area contributed by atoms with Gasteiger partial charge in [-0.2, -0.15) is 0 Å². The molecule has 6 rings (SSSR count). The van der Waals surface area contributed by atoms with Crippen LogP contribution in [0.2, 0.25) is 0 Å². The van der Waals surface area contributed by atoms with Crippen LogP contribution in [0.15, 0.2) is 69.3 Å². The van der Waals surface area contributed by atoms with Crippen LogP contribution < -0.4 is 14.2 Å². The Balaban J connectivity index is 1.61. The van der Waals surface area contributed by atoms with Crippen LogP contribution in [0.3, 0.4) is 0 Å². The Bertz CT molecular complexity index is 2070. The van der Waals surface area contributed by atoms with Crippen molar-refractivity contribution < 1.29 is 45.5 Å². The van der Waals surface area contributed by atoms with Gasteiger partial charge < -0.3 is 27.3 Å². The van der Waals surface area contributed by atoms with Crippen LogP contribution in [0, 0.1) is 20.8 Å². The van der Waals surface area contributed by atoms with Crippen LogP contribution in [0.4, 0.5) is 0 Å². The van der Waals surface area contributed by atoms with Crippen LogP contribution in [-0.2, 0) is 18.1 Å². The average molecular weight is 906 g/mol. The fourth-order valence-electron chi connectivity index (χ4n) is 9.91. The van der Waals surface area contributed by atoms with Gasteiger partial charge in [0.15, 0.2) is 18.7 Å². The molecule has 9 N–H and O–H groups in total. The van der Waals surface area contributed by atoms with Crippen LogP contribution in [0.1, 0.15) is 135 Å². The number of hydrogen-bond acceptors (Lipinski definition) is 13. The summed E-state index contributed by atoms with van der Waals surface area (Å²) in [5, 5.41) is -4.74. The predicted octanol–water partition coefficient (Wildman–Crippen LogP) is 12.7. The third-order valence-corrected chi connectivity index (χ3v) is 37.3. The smallest absolute Gasteiger partial charge is 0.311 e. The molecule has 13 nitrogen and oxygen atoms in total.